The number of amides is 1. The number of halogens is 1. The van der Waals surface area contributed by atoms with E-state index < -0.39 is 0 Å². The summed E-state index contributed by atoms with van der Waals surface area (Å²) in [5.41, 5.74) is 3.09. The van der Waals surface area contributed by atoms with Gasteiger partial charge in [-0.25, -0.2) is 4.39 Å². The van der Waals surface area contributed by atoms with Crippen molar-refractivity contribution < 1.29 is 13.9 Å². The van der Waals surface area contributed by atoms with Crippen molar-refractivity contribution in [3.05, 3.63) is 89.7 Å². The molecule has 0 radical (unpaired) electrons. The summed E-state index contributed by atoms with van der Waals surface area (Å²) in [5.74, 6) is 0.201. The van der Waals surface area contributed by atoms with Crippen LogP contribution < -0.4 is 15.0 Å². The molecule has 1 aliphatic heterocycles. The number of para-hydroxylation sites is 1. The molecule has 1 fully saturated rings. The Labute approximate surface area is 182 Å². The summed E-state index contributed by atoms with van der Waals surface area (Å²) in [7, 11) is 1.55. The fraction of sp³-hybridized carbons (Fsp3) is 0.240. The third-order valence-corrected chi connectivity index (χ3v) is 5.57. The molecule has 5 nitrogen and oxygen atoms in total. The van der Waals surface area contributed by atoms with E-state index in [2.05, 4.69) is 15.1 Å². The molecule has 4 rings (SSSR count). The summed E-state index contributed by atoms with van der Waals surface area (Å²) < 4.78 is 19.2. The first kappa shape index (κ1) is 20.9. The fourth-order valence-electron chi connectivity index (χ4n) is 3.82. The van der Waals surface area contributed by atoms with Gasteiger partial charge < -0.3 is 15.0 Å². The highest BCUT2D eigenvalue weighted by atomic mass is 19.1. The van der Waals surface area contributed by atoms with Crippen LogP contribution in [0.25, 0.3) is 0 Å². The lowest BCUT2D eigenvalue weighted by atomic mass is 10.1. The number of carbonyl (C=O) groups excluding carboxylic acids is 1. The molecule has 1 heterocycles. The van der Waals surface area contributed by atoms with Crippen molar-refractivity contribution in [2.24, 2.45) is 0 Å². The Balaban J connectivity index is 1.33. The third kappa shape index (κ3) is 5.03. The molecule has 0 atom stereocenters. The highest BCUT2D eigenvalue weighted by molar-refractivity contribution is 6.06. The van der Waals surface area contributed by atoms with Crippen LogP contribution in [0.3, 0.4) is 0 Å². The van der Waals surface area contributed by atoms with Crippen LogP contribution >= 0.6 is 0 Å². The van der Waals surface area contributed by atoms with Crippen LogP contribution in [0.5, 0.6) is 5.75 Å². The summed E-state index contributed by atoms with van der Waals surface area (Å²) in [6, 6.07) is 22.0. The number of piperazine rings is 1. The Bertz CT molecular complexity index is 1030. The average molecular weight is 420 g/mol. The molecule has 0 bridgehead atoms. The quantitative estimate of drug-likeness (QED) is 0.643. The maximum absolute atomic E-state index is 13.9. The molecule has 6 heteroatoms. The van der Waals surface area contributed by atoms with E-state index in [1.807, 2.05) is 48.5 Å². The van der Waals surface area contributed by atoms with Crippen molar-refractivity contribution in [2.45, 2.75) is 6.54 Å². The number of methoxy groups -OCH3 is 1. The summed E-state index contributed by atoms with van der Waals surface area (Å²) in [5, 5.41) is 2.92. The summed E-state index contributed by atoms with van der Waals surface area (Å²) in [4.78, 5) is 17.1. The molecule has 1 N–H and O–H groups in total. The maximum Gasteiger partial charge on any atom is 0.259 e. The van der Waals surface area contributed by atoms with E-state index in [1.54, 1.807) is 25.3 Å². The standard InChI is InChI=1S/C25H26FN3O2/c1-31-24-9-5-3-7-22(24)25(30)27-20-10-12-21(13-11-20)29-16-14-28(15-17-29)18-19-6-2-4-8-23(19)26/h2-13H,14-18H2,1H3,(H,27,30). The van der Waals surface area contributed by atoms with Crippen molar-refractivity contribution >= 4 is 17.3 Å². The molecule has 0 unspecified atom stereocenters. The molecule has 0 aromatic heterocycles. The van der Waals surface area contributed by atoms with E-state index in [9.17, 15) is 9.18 Å². The molecule has 0 aliphatic carbocycles. The van der Waals surface area contributed by atoms with E-state index in [4.69, 9.17) is 4.74 Å². The lowest BCUT2D eigenvalue weighted by Crippen LogP contribution is -2.46. The predicted molar refractivity (Wildman–Crippen MR) is 121 cm³/mol. The van der Waals surface area contributed by atoms with Crippen molar-refractivity contribution in [3.63, 3.8) is 0 Å². The molecule has 31 heavy (non-hydrogen) atoms. The highest BCUT2D eigenvalue weighted by Gasteiger charge is 2.18. The zero-order valence-electron chi connectivity index (χ0n) is 17.6. The first-order valence-electron chi connectivity index (χ1n) is 10.4. The lowest BCUT2D eigenvalue weighted by Gasteiger charge is -2.36. The number of nitrogens with one attached hydrogen (secondary N) is 1. The highest BCUT2D eigenvalue weighted by Crippen LogP contribution is 2.23. The minimum absolute atomic E-state index is 0.143. The van der Waals surface area contributed by atoms with Gasteiger partial charge in [0.15, 0.2) is 0 Å². The Kier molecular flexibility index (Phi) is 6.48. The van der Waals surface area contributed by atoms with Crippen molar-refractivity contribution in [3.8, 4) is 5.75 Å². The van der Waals surface area contributed by atoms with Gasteiger partial charge in [-0.1, -0.05) is 30.3 Å². The van der Waals surface area contributed by atoms with Crippen molar-refractivity contribution in [2.75, 3.05) is 43.5 Å². The average Bonchev–Trinajstić information content (AvgIpc) is 2.81. The van der Waals surface area contributed by atoms with Gasteiger partial charge in [0.2, 0.25) is 0 Å². The summed E-state index contributed by atoms with van der Waals surface area (Å²) in [6.45, 7) is 4.14. The number of ether oxygens (including phenoxy) is 1. The van der Waals surface area contributed by atoms with Gasteiger partial charge in [-0.15, -0.1) is 0 Å². The molecular formula is C25H26FN3O2. The first-order chi connectivity index (χ1) is 15.1. The predicted octanol–water partition coefficient (Wildman–Crippen LogP) is 4.41. The Morgan fingerprint density at radius 3 is 2.32 bits per heavy atom. The Morgan fingerprint density at radius 1 is 0.935 bits per heavy atom. The number of carbonyl (C=O) groups is 1. The molecule has 1 aliphatic rings. The van der Waals surface area contributed by atoms with Crippen molar-refractivity contribution in [1.29, 1.82) is 0 Å². The number of hydrogen-bond acceptors (Lipinski definition) is 4. The number of anilines is 2. The monoisotopic (exact) mass is 419 g/mol. The van der Waals surface area contributed by atoms with Crippen molar-refractivity contribution in [1.82, 2.24) is 4.90 Å². The summed E-state index contributed by atoms with van der Waals surface area (Å²) in [6.07, 6.45) is 0. The minimum atomic E-state index is -0.202. The Hall–Kier alpha value is -3.38. The van der Waals surface area contributed by atoms with Gasteiger partial charge in [-0.3, -0.25) is 9.69 Å². The second-order valence-electron chi connectivity index (χ2n) is 7.56. The van der Waals surface area contributed by atoms with Crippen LogP contribution in [0.4, 0.5) is 15.8 Å². The lowest BCUT2D eigenvalue weighted by molar-refractivity contribution is 0.102. The van der Waals surface area contributed by atoms with Crippen LogP contribution in [-0.2, 0) is 6.54 Å². The van der Waals surface area contributed by atoms with Gasteiger partial charge in [-0.2, -0.15) is 0 Å². The van der Waals surface area contributed by atoms with Gasteiger partial charge in [0.1, 0.15) is 11.6 Å². The number of benzene rings is 3. The molecule has 160 valence electrons. The van der Waals surface area contributed by atoms with Crippen LogP contribution in [-0.4, -0.2) is 44.1 Å². The normalized spacial score (nSPS) is 14.3. The molecular weight excluding hydrogens is 393 g/mol. The number of nitrogens with zero attached hydrogens (tertiary/aromatic N) is 2. The zero-order valence-corrected chi connectivity index (χ0v) is 17.6. The fourth-order valence-corrected chi connectivity index (χ4v) is 3.82. The molecule has 3 aromatic rings. The van der Waals surface area contributed by atoms with Gasteiger partial charge in [0.05, 0.1) is 12.7 Å². The number of hydrogen-bond donors (Lipinski definition) is 1. The molecule has 0 saturated carbocycles. The molecule has 1 saturated heterocycles. The molecule has 1 amide bonds. The van der Waals surface area contributed by atoms with E-state index in [1.165, 1.54) is 6.07 Å². The van der Waals surface area contributed by atoms with E-state index in [0.717, 1.165) is 43.1 Å². The van der Waals surface area contributed by atoms with E-state index >= 15 is 0 Å². The van der Waals surface area contributed by atoms with Crippen LogP contribution in [0.1, 0.15) is 15.9 Å². The first-order valence-corrected chi connectivity index (χ1v) is 10.4. The van der Waals surface area contributed by atoms with Gasteiger partial charge in [0.25, 0.3) is 5.91 Å². The topological polar surface area (TPSA) is 44.8 Å². The SMILES string of the molecule is COc1ccccc1C(=O)Nc1ccc(N2CCN(Cc3ccccc3F)CC2)cc1. The second kappa shape index (κ2) is 9.62. The van der Waals surface area contributed by atoms with Crippen LogP contribution in [0.15, 0.2) is 72.8 Å². The maximum atomic E-state index is 13.9. The van der Waals surface area contributed by atoms with E-state index in [-0.39, 0.29) is 11.7 Å². The molecule has 3 aromatic carbocycles. The largest absolute Gasteiger partial charge is 0.496 e. The van der Waals surface area contributed by atoms with Gasteiger partial charge in [0, 0.05) is 49.7 Å². The number of rotatable bonds is 6. The smallest absolute Gasteiger partial charge is 0.259 e. The van der Waals surface area contributed by atoms with Crippen LogP contribution in [0.2, 0.25) is 0 Å². The second-order valence-corrected chi connectivity index (χ2v) is 7.56. The summed E-state index contributed by atoms with van der Waals surface area (Å²) >= 11 is 0. The van der Waals surface area contributed by atoms with E-state index in [0.29, 0.717) is 17.9 Å². The van der Waals surface area contributed by atoms with Gasteiger partial charge in [-0.05, 0) is 42.5 Å². The van der Waals surface area contributed by atoms with Crippen LogP contribution in [0, 0.1) is 5.82 Å². The molecule has 0 spiro atoms. The van der Waals surface area contributed by atoms with Gasteiger partial charge >= 0.3 is 0 Å². The third-order valence-electron chi connectivity index (χ3n) is 5.57. The minimum Gasteiger partial charge on any atom is -0.496 e. The Morgan fingerprint density at radius 2 is 1.61 bits per heavy atom. The zero-order chi connectivity index (χ0) is 21.6.